The minimum Gasteiger partial charge on any atom is -0.480 e. The van der Waals surface area contributed by atoms with Crippen LogP contribution in [-0.2, 0) is 16.0 Å². The number of carboxylic acid groups (broad SMARTS) is 1. The lowest BCUT2D eigenvalue weighted by atomic mass is 10.0. The predicted octanol–water partition coefficient (Wildman–Crippen LogP) is 2.66. The van der Waals surface area contributed by atoms with Crippen molar-refractivity contribution in [2.75, 3.05) is 5.32 Å². The number of fused-ring (bicyclic) bond motifs is 1. The SMILES string of the molecule is CCc1ccc(-c2csc3ncnc(NC(CC(N)=O)C(=O)O)c23)cc1. The van der Waals surface area contributed by atoms with Crippen molar-refractivity contribution in [3.63, 3.8) is 0 Å². The fourth-order valence-corrected chi connectivity index (χ4v) is 3.60. The van der Waals surface area contributed by atoms with Gasteiger partial charge in [0, 0.05) is 10.9 Å². The number of hydrogen-bond acceptors (Lipinski definition) is 6. The summed E-state index contributed by atoms with van der Waals surface area (Å²) in [6.45, 7) is 2.09. The standard InChI is InChI=1S/C18H18N4O3S/c1-2-10-3-5-11(6-4-10)12-8-26-17-15(12)16(20-9-21-17)22-13(18(24)25)7-14(19)23/h3-6,8-9,13H,2,7H2,1H3,(H2,19,23)(H,24,25)(H,20,21,22). The summed E-state index contributed by atoms with van der Waals surface area (Å²) in [5.41, 5.74) is 8.29. The molecule has 0 aliphatic carbocycles. The number of hydrogen-bond donors (Lipinski definition) is 3. The molecule has 1 aromatic carbocycles. The molecule has 1 unspecified atom stereocenters. The lowest BCUT2D eigenvalue weighted by Gasteiger charge is -2.14. The number of benzene rings is 1. The molecular formula is C18H18N4O3S. The average Bonchev–Trinajstić information content (AvgIpc) is 3.06. The number of carboxylic acids is 1. The van der Waals surface area contributed by atoms with Gasteiger partial charge in [-0.2, -0.15) is 0 Å². The van der Waals surface area contributed by atoms with Crippen LogP contribution in [0.3, 0.4) is 0 Å². The minimum absolute atomic E-state index is 0.328. The van der Waals surface area contributed by atoms with Crippen molar-refractivity contribution in [2.45, 2.75) is 25.8 Å². The van der Waals surface area contributed by atoms with E-state index in [1.165, 1.54) is 23.2 Å². The Kier molecular flexibility index (Phi) is 5.13. The third kappa shape index (κ3) is 3.65. The summed E-state index contributed by atoms with van der Waals surface area (Å²) in [6.07, 6.45) is 1.99. The minimum atomic E-state index is -1.17. The molecule has 3 aromatic rings. The Morgan fingerprint density at radius 2 is 2.00 bits per heavy atom. The Labute approximate surface area is 153 Å². The number of nitrogens with zero attached hydrogens (tertiary/aromatic N) is 2. The topological polar surface area (TPSA) is 118 Å². The van der Waals surface area contributed by atoms with E-state index in [2.05, 4.69) is 34.3 Å². The molecule has 0 radical (unpaired) electrons. The summed E-state index contributed by atoms with van der Waals surface area (Å²) in [5.74, 6) is -1.49. The van der Waals surface area contributed by atoms with E-state index in [1.807, 2.05) is 17.5 Å². The highest BCUT2D eigenvalue weighted by molar-refractivity contribution is 7.17. The number of rotatable bonds is 7. The van der Waals surface area contributed by atoms with Crippen LogP contribution >= 0.6 is 11.3 Å². The molecule has 26 heavy (non-hydrogen) atoms. The summed E-state index contributed by atoms with van der Waals surface area (Å²) >= 11 is 1.45. The Balaban J connectivity index is 2.04. The molecule has 134 valence electrons. The van der Waals surface area contributed by atoms with Gasteiger partial charge in [-0.25, -0.2) is 14.8 Å². The van der Waals surface area contributed by atoms with Crippen LogP contribution in [0.4, 0.5) is 5.82 Å². The van der Waals surface area contributed by atoms with Crippen molar-refractivity contribution in [1.29, 1.82) is 0 Å². The van der Waals surface area contributed by atoms with Crippen molar-refractivity contribution >= 4 is 39.2 Å². The summed E-state index contributed by atoms with van der Waals surface area (Å²) in [6, 6.07) is 7.01. The molecule has 3 rings (SSSR count). The molecule has 8 heteroatoms. The van der Waals surface area contributed by atoms with Gasteiger partial charge in [0.05, 0.1) is 11.8 Å². The molecule has 7 nitrogen and oxygen atoms in total. The normalized spacial score (nSPS) is 12.0. The van der Waals surface area contributed by atoms with E-state index in [0.717, 1.165) is 27.8 Å². The second-order valence-electron chi connectivity index (χ2n) is 5.81. The quantitative estimate of drug-likeness (QED) is 0.588. The summed E-state index contributed by atoms with van der Waals surface area (Å²) in [7, 11) is 0. The van der Waals surface area contributed by atoms with Gasteiger partial charge in [-0.3, -0.25) is 4.79 Å². The Morgan fingerprint density at radius 3 is 2.62 bits per heavy atom. The van der Waals surface area contributed by atoms with Crippen LogP contribution in [0.2, 0.25) is 0 Å². The first-order valence-electron chi connectivity index (χ1n) is 8.08. The van der Waals surface area contributed by atoms with Gasteiger partial charge < -0.3 is 16.2 Å². The predicted molar refractivity (Wildman–Crippen MR) is 101 cm³/mol. The van der Waals surface area contributed by atoms with E-state index in [1.54, 1.807) is 0 Å². The number of carbonyl (C=O) groups excluding carboxylic acids is 1. The van der Waals surface area contributed by atoms with E-state index >= 15 is 0 Å². The molecule has 4 N–H and O–H groups in total. The Hall–Kier alpha value is -3.00. The summed E-state index contributed by atoms with van der Waals surface area (Å²) in [4.78, 5) is 31.8. The molecule has 0 aliphatic rings. The molecule has 0 saturated carbocycles. The number of thiophene rings is 1. The van der Waals surface area contributed by atoms with Crippen LogP contribution < -0.4 is 11.1 Å². The number of aliphatic carboxylic acids is 1. The first-order chi connectivity index (χ1) is 12.5. The van der Waals surface area contributed by atoms with Crippen molar-refractivity contribution in [3.8, 4) is 11.1 Å². The number of nitrogens with two attached hydrogens (primary N) is 1. The first-order valence-corrected chi connectivity index (χ1v) is 8.96. The molecule has 0 bridgehead atoms. The van der Waals surface area contributed by atoms with Crippen molar-refractivity contribution in [1.82, 2.24) is 9.97 Å². The van der Waals surface area contributed by atoms with Crippen molar-refractivity contribution in [3.05, 3.63) is 41.5 Å². The Morgan fingerprint density at radius 1 is 1.27 bits per heavy atom. The van der Waals surface area contributed by atoms with E-state index in [4.69, 9.17) is 5.73 Å². The van der Waals surface area contributed by atoms with Gasteiger partial charge in [-0.1, -0.05) is 31.2 Å². The van der Waals surface area contributed by atoms with E-state index < -0.39 is 17.9 Å². The second-order valence-corrected chi connectivity index (χ2v) is 6.67. The molecule has 1 atom stereocenters. The summed E-state index contributed by atoms with van der Waals surface area (Å²) in [5, 5.41) is 14.9. The van der Waals surface area contributed by atoms with Crippen LogP contribution in [0.5, 0.6) is 0 Å². The fraction of sp³-hybridized carbons (Fsp3) is 0.222. The number of amides is 1. The van der Waals surface area contributed by atoms with E-state index in [-0.39, 0.29) is 6.42 Å². The third-order valence-corrected chi connectivity index (χ3v) is 4.94. The highest BCUT2D eigenvalue weighted by Gasteiger charge is 2.22. The van der Waals surface area contributed by atoms with Crippen LogP contribution in [0.25, 0.3) is 21.3 Å². The summed E-state index contributed by atoms with van der Waals surface area (Å²) < 4.78 is 0. The number of primary amides is 1. The van der Waals surface area contributed by atoms with Gasteiger partial charge in [0.2, 0.25) is 5.91 Å². The van der Waals surface area contributed by atoms with E-state index in [9.17, 15) is 14.7 Å². The van der Waals surface area contributed by atoms with Crippen molar-refractivity contribution in [2.24, 2.45) is 5.73 Å². The van der Waals surface area contributed by atoms with Gasteiger partial charge >= 0.3 is 5.97 Å². The van der Waals surface area contributed by atoms with Crippen LogP contribution in [0.1, 0.15) is 18.9 Å². The zero-order valence-electron chi connectivity index (χ0n) is 14.1. The van der Waals surface area contributed by atoms with Gasteiger partial charge in [-0.05, 0) is 17.5 Å². The van der Waals surface area contributed by atoms with Gasteiger partial charge in [0.25, 0.3) is 0 Å². The lowest BCUT2D eigenvalue weighted by Crippen LogP contribution is -2.34. The van der Waals surface area contributed by atoms with Gasteiger partial charge in [0.1, 0.15) is 23.0 Å². The van der Waals surface area contributed by atoms with Crippen LogP contribution in [-0.4, -0.2) is 33.0 Å². The monoisotopic (exact) mass is 370 g/mol. The molecule has 2 heterocycles. The smallest absolute Gasteiger partial charge is 0.326 e. The highest BCUT2D eigenvalue weighted by atomic mass is 32.1. The Bertz CT molecular complexity index is 953. The maximum atomic E-state index is 11.4. The number of aryl methyl sites for hydroxylation is 1. The maximum absolute atomic E-state index is 11.4. The molecular weight excluding hydrogens is 352 g/mol. The maximum Gasteiger partial charge on any atom is 0.326 e. The number of carbonyl (C=O) groups is 2. The first kappa shape index (κ1) is 17.8. The zero-order chi connectivity index (χ0) is 18.7. The van der Waals surface area contributed by atoms with Crippen LogP contribution in [0, 0.1) is 0 Å². The van der Waals surface area contributed by atoms with Crippen molar-refractivity contribution < 1.29 is 14.7 Å². The molecule has 0 aliphatic heterocycles. The van der Waals surface area contributed by atoms with E-state index in [0.29, 0.717) is 5.82 Å². The third-order valence-electron chi connectivity index (χ3n) is 4.06. The van der Waals surface area contributed by atoms with Gasteiger partial charge in [-0.15, -0.1) is 11.3 Å². The second kappa shape index (κ2) is 7.49. The number of nitrogens with one attached hydrogen (secondary N) is 1. The molecule has 0 fully saturated rings. The molecule has 1 amide bonds. The highest BCUT2D eigenvalue weighted by Crippen LogP contribution is 2.36. The average molecular weight is 370 g/mol. The number of aromatic nitrogens is 2. The molecule has 2 aromatic heterocycles. The molecule has 0 spiro atoms. The largest absolute Gasteiger partial charge is 0.480 e. The lowest BCUT2D eigenvalue weighted by molar-refractivity contribution is -0.139. The van der Waals surface area contributed by atoms with Gasteiger partial charge in [0.15, 0.2) is 0 Å². The fourth-order valence-electron chi connectivity index (χ4n) is 2.68. The van der Waals surface area contributed by atoms with Crippen LogP contribution in [0.15, 0.2) is 36.0 Å². The molecule has 0 saturated heterocycles. The zero-order valence-corrected chi connectivity index (χ0v) is 14.9. The number of anilines is 1.